The topological polar surface area (TPSA) is 424 Å². The summed E-state index contributed by atoms with van der Waals surface area (Å²) in [6.07, 6.45) is -6.34. The molecule has 0 aliphatic heterocycles. The van der Waals surface area contributed by atoms with Crippen LogP contribution in [0.5, 0.6) is 0 Å². The van der Waals surface area contributed by atoms with Crippen molar-refractivity contribution in [1.82, 2.24) is 31.9 Å². The summed E-state index contributed by atoms with van der Waals surface area (Å²) in [6, 6.07) is -2.13. The molecule has 14 N–H and O–H groups in total. The molecule has 0 saturated heterocycles. The van der Waals surface area contributed by atoms with Gasteiger partial charge in [-0.05, 0) is 37.7 Å². The maximum absolute atomic E-state index is 13.9. The first-order chi connectivity index (χ1) is 28.6. The predicted molar refractivity (Wildman–Crippen MR) is 203 cm³/mol. The van der Waals surface area contributed by atoms with Crippen molar-refractivity contribution in [2.45, 2.75) is 107 Å². The SMILES string of the molecule is N[C@@H](CCC(=O)O)C(=O)NCC(=O)N[C@@H](CCC(=O)O)C(=O)N[C@@H](Cc1ccccc1)C(=O)N[C@@H](CCC(=O)O)C(=O)N[C@@H](CCC(=O)O)C(=O)N[C@@H](CCC(=O)O)C(=O)O. The molecule has 25 nitrogen and oxygen atoms in total. The van der Waals surface area contributed by atoms with E-state index in [-0.39, 0.29) is 12.8 Å². The number of hydrogen-bond donors (Lipinski definition) is 13. The smallest absolute Gasteiger partial charge is 0.326 e. The average Bonchev–Trinajstić information content (AvgIpc) is 3.18. The Morgan fingerprint density at radius 2 is 0.787 bits per heavy atom. The maximum Gasteiger partial charge on any atom is 0.326 e. The van der Waals surface area contributed by atoms with Gasteiger partial charge in [-0.1, -0.05) is 30.3 Å². The van der Waals surface area contributed by atoms with Gasteiger partial charge >= 0.3 is 35.8 Å². The Kier molecular flexibility index (Phi) is 22.7. The summed E-state index contributed by atoms with van der Waals surface area (Å²) in [5.41, 5.74) is 6.04. The molecule has 0 saturated carbocycles. The van der Waals surface area contributed by atoms with Crippen LogP contribution < -0.4 is 37.6 Å². The third kappa shape index (κ3) is 22.0. The van der Waals surface area contributed by atoms with Crippen LogP contribution in [0.2, 0.25) is 0 Å². The van der Waals surface area contributed by atoms with E-state index in [0.717, 1.165) is 0 Å². The minimum absolute atomic E-state index is 0.264. The Bertz CT molecular complexity index is 1780. The second kappa shape index (κ2) is 26.7. The number of benzene rings is 1. The number of rotatable bonds is 30. The molecule has 25 heteroatoms. The zero-order chi connectivity index (χ0) is 46.2. The van der Waals surface area contributed by atoms with E-state index in [1.165, 1.54) is 0 Å². The number of carbonyl (C=O) groups excluding carboxylic acids is 6. The van der Waals surface area contributed by atoms with Crippen LogP contribution in [0.25, 0.3) is 0 Å². The third-order valence-corrected chi connectivity index (χ3v) is 8.46. The Hall–Kier alpha value is -7.18. The third-order valence-electron chi connectivity index (χ3n) is 8.46. The fourth-order valence-electron chi connectivity index (χ4n) is 5.24. The summed E-state index contributed by atoms with van der Waals surface area (Å²) in [5.74, 6) is -15.2. The van der Waals surface area contributed by atoms with Crippen molar-refractivity contribution in [3.05, 3.63) is 35.9 Å². The number of hydrogen-bond acceptors (Lipinski definition) is 13. The lowest BCUT2D eigenvalue weighted by Crippen LogP contribution is -2.59. The quantitative estimate of drug-likeness (QED) is 0.0357. The zero-order valence-corrected chi connectivity index (χ0v) is 32.5. The van der Waals surface area contributed by atoms with E-state index >= 15 is 0 Å². The average molecular weight is 868 g/mol. The van der Waals surface area contributed by atoms with Crippen molar-refractivity contribution in [2.75, 3.05) is 6.54 Å². The van der Waals surface area contributed by atoms with Gasteiger partial charge in [0.2, 0.25) is 35.4 Å². The Balaban J connectivity index is 3.40. The number of aliphatic carboxylic acids is 6. The number of carbonyl (C=O) groups is 12. The first kappa shape index (κ1) is 51.8. The molecule has 0 aliphatic rings. The number of nitrogens with one attached hydrogen (secondary N) is 6. The molecule has 6 atom stereocenters. The van der Waals surface area contributed by atoms with Gasteiger partial charge < -0.3 is 68.3 Å². The van der Waals surface area contributed by atoms with Gasteiger partial charge in [-0.3, -0.25) is 52.7 Å². The van der Waals surface area contributed by atoms with Crippen LogP contribution >= 0.6 is 0 Å². The molecule has 0 spiro atoms. The molecule has 1 aromatic carbocycles. The number of carboxylic acids is 6. The molecule has 6 amide bonds. The molecular formula is C36H49N7O18. The van der Waals surface area contributed by atoms with Gasteiger partial charge in [0, 0.05) is 38.5 Å². The van der Waals surface area contributed by atoms with Crippen molar-refractivity contribution < 1.29 is 88.2 Å². The fraction of sp³-hybridized carbons (Fsp3) is 0.500. The molecule has 0 fully saturated rings. The van der Waals surface area contributed by atoms with Crippen LogP contribution in [0.15, 0.2) is 30.3 Å². The molecule has 336 valence electrons. The highest BCUT2D eigenvalue weighted by atomic mass is 16.4. The van der Waals surface area contributed by atoms with E-state index in [0.29, 0.717) is 5.56 Å². The van der Waals surface area contributed by atoms with Gasteiger partial charge in [0.15, 0.2) is 0 Å². The largest absolute Gasteiger partial charge is 0.481 e. The minimum atomic E-state index is -1.81. The second-order valence-electron chi connectivity index (χ2n) is 13.4. The Morgan fingerprint density at radius 1 is 0.443 bits per heavy atom. The van der Waals surface area contributed by atoms with Crippen molar-refractivity contribution in [1.29, 1.82) is 0 Å². The van der Waals surface area contributed by atoms with Crippen LogP contribution in [-0.4, -0.2) is 145 Å². The fourth-order valence-corrected chi connectivity index (χ4v) is 5.24. The number of amides is 6. The van der Waals surface area contributed by atoms with Gasteiger partial charge in [0.25, 0.3) is 0 Å². The van der Waals surface area contributed by atoms with Gasteiger partial charge in [-0.25, -0.2) is 4.79 Å². The van der Waals surface area contributed by atoms with E-state index in [4.69, 9.17) is 15.9 Å². The normalized spacial score (nSPS) is 13.6. The van der Waals surface area contributed by atoms with Crippen LogP contribution in [0.1, 0.15) is 69.8 Å². The first-order valence-corrected chi connectivity index (χ1v) is 18.5. The molecule has 0 bridgehead atoms. The number of nitrogens with two attached hydrogens (primary N) is 1. The van der Waals surface area contributed by atoms with E-state index in [1.807, 2.05) is 5.32 Å². The van der Waals surface area contributed by atoms with E-state index in [1.54, 1.807) is 30.3 Å². The summed E-state index contributed by atoms with van der Waals surface area (Å²) in [5, 5.41) is 68.2. The highest BCUT2D eigenvalue weighted by molar-refractivity contribution is 5.97. The molecule has 1 rings (SSSR count). The molecule has 0 radical (unpaired) electrons. The highest BCUT2D eigenvalue weighted by Gasteiger charge is 2.33. The molecule has 0 aliphatic carbocycles. The number of carboxylic acid groups (broad SMARTS) is 6. The molecule has 0 heterocycles. The molecule has 0 aromatic heterocycles. The maximum atomic E-state index is 13.9. The standard InChI is InChI=1S/C36H49N7O18/c37-19(6-11-26(45)46)31(55)38-17-25(44)39-20(7-12-27(47)48)32(56)43-24(16-18-4-2-1-3-5-18)35(59)41-21(8-13-28(49)50)33(57)40-22(9-14-29(51)52)34(58)42-23(36(60)61)10-15-30(53)54/h1-5,19-24H,6-17,37H2,(H,38,55)(H,39,44)(H,40,57)(H,41,59)(H,42,58)(H,43,56)(H,45,46)(H,47,48)(H,49,50)(H,51,52)(H,53,54)(H,60,61)/t19-,20-,21-,22-,23-,24-/m0/s1. The second-order valence-corrected chi connectivity index (χ2v) is 13.4. The summed E-state index contributed by atoms with van der Waals surface area (Å²) in [4.78, 5) is 147. The van der Waals surface area contributed by atoms with Crippen molar-refractivity contribution in [2.24, 2.45) is 5.73 Å². The Labute approximate surface area is 346 Å². The zero-order valence-electron chi connectivity index (χ0n) is 32.5. The van der Waals surface area contributed by atoms with Crippen molar-refractivity contribution >= 4 is 71.3 Å². The van der Waals surface area contributed by atoms with Gasteiger partial charge in [0.05, 0.1) is 12.6 Å². The van der Waals surface area contributed by atoms with Gasteiger partial charge in [-0.2, -0.15) is 0 Å². The van der Waals surface area contributed by atoms with Crippen LogP contribution in [0, 0.1) is 0 Å². The van der Waals surface area contributed by atoms with Crippen LogP contribution in [-0.2, 0) is 64.0 Å². The van der Waals surface area contributed by atoms with E-state index < -0.39 is 172 Å². The summed E-state index contributed by atoms with van der Waals surface area (Å²) in [7, 11) is 0. The Morgan fingerprint density at radius 3 is 1.20 bits per heavy atom. The van der Waals surface area contributed by atoms with Gasteiger partial charge in [0.1, 0.15) is 30.2 Å². The van der Waals surface area contributed by atoms with E-state index in [2.05, 4.69) is 26.6 Å². The monoisotopic (exact) mass is 867 g/mol. The highest BCUT2D eigenvalue weighted by Crippen LogP contribution is 2.09. The molecule has 61 heavy (non-hydrogen) atoms. The minimum Gasteiger partial charge on any atom is -0.481 e. The summed E-state index contributed by atoms with van der Waals surface area (Å²) < 4.78 is 0. The lowest BCUT2D eigenvalue weighted by molar-refractivity contribution is -0.144. The predicted octanol–water partition coefficient (Wildman–Crippen LogP) is -3.49. The summed E-state index contributed by atoms with van der Waals surface area (Å²) in [6.45, 7) is -0.782. The van der Waals surface area contributed by atoms with Crippen LogP contribution in [0.3, 0.4) is 0 Å². The van der Waals surface area contributed by atoms with E-state index in [9.17, 15) is 78.0 Å². The lowest BCUT2D eigenvalue weighted by atomic mass is 10.0. The first-order valence-electron chi connectivity index (χ1n) is 18.5. The van der Waals surface area contributed by atoms with Gasteiger partial charge in [-0.15, -0.1) is 0 Å². The van der Waals surface area contributed by atoms with Crippen LogP contribution in [0.4, 0.5) is 0 Å². The molecule has 1 aromatic rings. The molecule has 0 unspecified atom stereocenters. The molecular weight excluding hydrogens is 818 g/mol. The van der Waals surface area contributed by atoms with Crippen molar-refractivity contribution in [3.63, 3.8) is 0 Å². The lowest BCUT2D eigenvalue weighted by Gasteiger charge is -2.27. The van der Waals surface area contributed by atoms with Crippen molar-refractivity contribution in [3.8, 4) is 0 Å². The summed E-state index contributed by atoms with van der Waals surface area (Å²) >= 11 is 0.